The molecular formula is C27H30F4N2O2. The van der Waals surface area contributed by atoms with E-state index in [9.17, 15) is 27.2 Å². The lowest BCUT2D eigenvalue weighted by Gasteiger charge is -2.41. The quantitative estimate of drug-likeness (QED) is 0.528. The van der Waals surface area contributed by atoms with Crippen molar-refractivity contribution in [3.05, 3.63) is 70.5 Å². The first-order chi connectivity index (χ1) is 16.6. The highest BCUT2D eigenvalue weighted by Crippen LogP contribution is 2.38. The first-order valence-corrected chi connectivity index (χ1v) is 12.1. The van der Waals surface area contributed by atoms with Gasteiger partial charge < -0.3 is 10.2 Å². The standard InChI is InChI=1S/C27H30F4N2O2/c1-17-13-20(9-11-23(17)28)24-12-10-21(16-33(24)26(35)19-6-2-3-7-19)25(34)32-15-18-5-4-8-22(14-18)27(29,30)31/h4-5,8-9,11,13-14,19,21,24H,2-3,6-7,10,12,15-16H2,1H3,(H,32,34)/t21-,24+/m0/s1. The molecule has 0 unspecified atom stereocenters. The van der Waals surface area contributed by atoms with Gasteiger partial charge in [0.2, 0.25) is 11.8 Å². The highest BCUT2D eigenvalue weighted by molar-refractivity contribution is 5.83. The lowest BCUT2D eigenvalue weighted by molar-refractivity contribution is -0.142. The Morgan fingerprint density at radius 2 is 1.74 bits per heavy atom. The van der Waals surface area contributed by atoms with Crippen LogP contribution in [0.5, 0.6) is 0 Å². The Morgan fingerprint density at radius 3 is 2.43 bits per heavy atom. The lowest BCUT2D eigenvalue weighted by atomic mass is 9.86. The number of nitrogens with zero attached hydrogens (tertiary/aromatic N) is 1. The molecule has 1 heterocycles. The van der Waals surface area contributed by atoms with Crippen molar-refractivity contribution in [2.75, 3.05) is 6.54 Å². The van der Waals surface area contributed by atoms with E-state index < -0.39 is 17.7 Å². The predicted molar refractivity (Wildman–Crippen MR) is 124 cm³/mol. The maximum absolute atomic E-state index is 13.9. The van der Waals surface area contributed by atoms with E-state index in [4.69, 9.17) is 0 Å². The van der Waals surface area contributed by atoms with Crippen LogP contribution in [0.15, 0.2) is 42.5 Å². The molecule has 2 aromatic rings. The van der Waals surface area contributed by atoms with Gasteiger partial charge in [-0.25, -0.2) is 4.39 Å². The van der Waals surface area contributed by atoms with Crippen LogP contribution >= 0.6 is 0 Å². The summed E-state index contributed by atoms with van der Waals surface area (Å²) in [6, 6.07) is 9.55. The number of amides is 2. The highest BCUT2D eigenvalue weighted by atomic mass is 19.4. The summed E-state index contributed by atoms with van der Waals surface area (Å²) in [4.78, 5) is 28.2. The first-order valence-electron chi connectivity index (χ1n) is 12.1. The van der Waals surface area contributed by atoms with Gasteiger partial charge in [0.1, 0.15) is 5.82 Å². The molecule has 188 valence electrons. The molecule has 0 spiro atoms. The zero-order valence-corrected chi connectivity index (χ0v) is 19.7. The van der Waals surface area contributed by atoms with E-state index in [-0.39, 0.29) is 42.7 Å². The average molecular weight is 491 g/mol. The summed E-state index contributed by atoms with van der Waals surface area (Å²) in [5.74, 6) is -1.06. The molecule has 0 radical (unpaired) electrons. The SMILES string of the molecule is Cc1cc([C@H]2CC[C@H](C(=O)NCc3cccc(C(F)(F)F)c3)CN2C(=O)C2CCCC2)ccc1F. The van der Waals surface area contributed by atoms with Crippen molar-refractivity contribution in [3.63, 3.8) is 0 Å². The van der Waals surface area contributed by atoms with Crippen molar-refractivity contribution < 1.29 is 27.2 Å². The minimum atomic E-state index is -4.45. The van der Waals surface area contributed by atoms with Crippen molar-refractivity contribution in [1.82, 2.24) is 10.2 Å². The normalized spacial score (nSPS) is 21.2. The minimum Gasteiger partial charge on any atom is -0.352 e. The van der Waals surface area contributed by atoms with Crippen LogP contribution in [-0.4, -0.2) is 23.3 Å². The van der Waals surface area contributed by atoms with Crippen LogP contribution in [0.25, 0.3) is 0 Å². The summed E-state index contributed by atoms with van der Waals surface area (Å²) in [5.41, 5.74) is 0.977. The molecular weight excluding hydrogens is 460 g/mol. The largest absolute Gasteiger partial charge is 0.416 e. The van der Waals surface area contributed by atoms with E-state index in [1.54, 1.807) is 30.0 Å². The number of aryl methyl sites for hydroxylation is 1. The van der Waals surface area contributed by atoms with E-state index in [1.807, 2.05) is 0 Å². The van der Waals surface area contributed by atoms with Gasteiger partial charge in [-0.05, 0) is 67.5 Å². The second-order valence-electron chi connectivity index (χ2n) is 9.69. The number of carbonyl (C=O) groups excluding carboxylic acids is 2. The van der Waals surface area contributed by atoms with Crippen LogP contribution < -0.4 is 5.32 Å². The number of carbonyl (C=O) groups is 2. The van der Waals surface area contributed by atoms with Gasteiger partial charge in [0.05, 0.1) is 17.5 Å². The Bertz CT molecular complexity index is 1080. The molecule has 0 aromatic heterocycles. The van der Waals surface area contributed by atoms with Gasteiger partial charge in [-0.1, -0.05) is 37.1 Å². The molecule has 1 N–H and O–H groups in total. The number of alkyl halides is 3. The van der Waals surface area contributed by atoms with E-state index in [2.05, 4.69) is 5.32 Å². The van der Waals surface area contributed by atoms with E-state index in [0.29, 0.717) is 24.0 Å². The number of rotatable bonds is 5. The molecule has 1 aliphatic heterocycles. The fourth-order valence-corrected chi connectivity index (χ4v) is 5.25. The topological polar surface area (TPSA) is 49.4 Å². The lowest BCUT2D eigenvalue weighted by Crippen LogP contribution is -2.48. The molecule has 35 heavy (non-hydrogen) atoms. The van der Waals surface area contributed by atoms with Crippen LogP contribution in [0.2, 0.25) is 0 Å². The van der Waals surface area contributed by atoms with E-state index >= 15 is 0 Å². The van der Waals surface area contributed by atoms with Gasteiger partial charge in [-0.2, -0.15) is 13.2 Å². The van der Waals surface area contributed by atoms with Gasteiger partial charge in [-0.15, -0.1) is 0 Å². The third-order valence-electron chi connectivity index (χ3n) is 7.23. The Morgan fingerprint density at radius 1 is 1.00 bits per heavy atom. The molecule has 2 amide bonds. The maximum Gasteiger partial charge on any atom is 0.416 e. The van der Waals surface area contributed by atoms with Gasteiger partial charge >= 0.3 is 6.18 Å². The van der Waals surface area contributed by atoms with Crippen molar-refractivity contribution in [1.29, 1.82) is 0 Å². The van der Waals surface area contributed by atoms with E-state index in [1.165, 1.54) is 12.1 Å². The number of hydrogen-bond acceptors (Lipinski definition) is 2. The third kappa shape index (κ3) is 5.85. The molecule has 1 saturated carbocycles. The number of likely N-dealkylation sites (tertiary alicyclic amines) is 1. The Kier molecular flexibility index (Phi) is 7.47. The maximum atomic E-state index is 13.9. The minimum absolute atomic E-state index is 0.0175. The Hall–Kier alpha value is -2.90. The molecule has 2 aromatic carbocycles. The first kappa shape index (κ1) is 25.2. The number of halogens is 4. The predicted octanol–water partition coefficient (Wildman–Crippen LogP) is 5.94. The fraction of sp³-hybridized carbons (Fsp3) is 0.481. The average Bonchev–Trinajstić information content (AvgIpc) is 3.38. The zero-order valence-electron chi connectivity index (χ0n) is 19.7. The smallest absolute Gasteiger partial charge is 0.352 e. The van der Waals surface area contributed by atoms with Crippen LogP contribution in [0, 0.1) is 24.6 Å². The molecule has 2 aliphatic rings. The monoisotopic (exact) mass is 490 g/mol. The summed E-state index contributed by atoms with van der Waals surface area (Å²) in [7, 11) is 0. The number of nitrogens with one attached hydrogen (secondary N) is 1. The molecule has 4 rings (SSSR count). The second kappa shape index (κ2) is 10.4. The van der Waals surface area contributed by atoms with Gasteiger partial charge in [0.25, 0.3) is 0 Å². The van der Waals surface area contributed by atoms with Crippen LogP contribution in [0.3, 0.4) is 0 Å². The summed E-state index contributed by atoms with van der Waals surface area (Å²) < 4.78 is 52.8. The summed E-state index contributed by atoms with van der Waals surface area (Å²) in [5, 5.41) is 2.75. The zero-order chi connectivity index (χ0) is 25.2. The van der Waals surface area contributed by atoms with Crippen LogP contribution in [0.4, 0.5) is 17.6 Å². The van der Waals surface area contributed by atoms with Gasteiger partial charge in [-0.3, -0.25) is 9.59 Å². The van der Waals surface area contributed by atoms with Crippen molar-refractivity contribution in [3.8, 4) is 0 Å². The molecule has 8 heteroatoms. The molecule has 2 fully saturated rings. The van der Waals surface area contributed by atoms with Crippen LogP contribution in [0.1, 0.15) is 66.8 Å². The van der Waals surface area contributed by atoms with Gasteiger partial charge in [0.15, 0.2) is 0 Å². The molecule has 2 atom stereocenters. The van der Waals surface area contributed by atoms with Crippen molar-refractivity contribution in [2.24, 2.45) is 11.8 Å². The molecule has 0 bridgehead atoms. The number of benzene rings is 2. The van der Waals surface area contributed by atoms with Gasteiger partial charge in [0, 0.05) is 19.0 Å². The van der Waals surface area contributed by atoms with E-state index in [0.717, 1.165) is 43.4 Å². The summed E-state index contributed by atoms with van der Waals surface area (Å²) in [6.07, 6.45) is 0.318. The summed E-state index contributed by atoms with van der Waals surface area (Å²) in [6.45, 7) is 1.91. The Labute approximate surface area is 202 Å². The Balaban J connectivity index is 1.47. The number of hydrogen-bond donors (Lipinski definition) is 1. The highest BCUT2D eigenvalue weighted by Gasteiger charge is 2.38. The second-order valence-corrected chi connectivity index (χ2v) is 9.69. The van der Waals surface area contributed by atoms with Crippen LogP contribution in [-0.2, 0) is 22.3 Å². The molecule has 1 saturated heterocycles. The molecule has 4 nitrogen and oxygen atoms in total. The fourth-order valence-electron chi connectivity index (χ4n) is 5.25. The third-order valence-corrected chi connectivity index (χ3v) is 7.23. The molecule has 1 aliphatic carbocycles. The summed E-state index contributed by atoms with van der Waals surface area (Å²) >= 11 is 0. The van der Waals surface area contributed by atoms with Crippen molar-refractivity contribution >= 4 is 11.8 Å². The van der Waals surface area contributed by atoms with Crippen molar-refractivity contribution in [2.45, 2.75) is 64.2 Å². The number of piperidine rings is 1.